The van der Waals surface area contributed by atoms with Crippen LogP contribution >= 0.6 is 0 Å². The van der Waals surface area contributed by atoms with Crippen molar-refractivity contribution in [1.82, 2.24) is 24.9 Å². The summed E-state index contributed by atoms with van der Waals surface area (Å²) in [6.45, 7) is 0.372. The third-order valence-corrected chi connectivity index (χ3v) is 8.77. The number of aromatic nitrogens is 2. The first kappa shape index (κ1) is 24.2. The summed E-state index contributed by atoms with van der Waals surface area (Å²) in [6, 6.07) is 8.18. The standard InChI is InChI=1S/C28H27F2N5O4/c1-33-12-18-16(3-2-4-21(18)32-33)11-34-10-9-27(28(29,30)14-34)15-39-24-19-13-35(22-7-8-23(36)31-25(22)37)26(38)17(19)5-6-20(24)27/h2-6,12,22H,7-11,13-15H2,1H3,(H,31,36,37)/t22-,27?/m0/s1. The van der Waals surface area contributed by atoms with E-state index in [1.54, 1.807) is 21.7 Å². The molecule has 11 heteroatoms. The molecule has 5 heterocycles. The maximum absolute atomic E-state index is 16.1. The quantitative estimate of drug-likeness (QED) is 0.518. The molecule has 0 bridgehead atoms. The molecule has 2 aromatic carbocycles. The van der Waals surface area contributed by atoms with Gasteiger partial charge in [0.1, 0.15) is 18.4 Å². The van der Waals surface area contributed by atoms with Crippen molar-refractivity contribution in [3.63, 3.8) is 0 Å². The smallest absolute Gasteiger partial charge is 0.273 e. The Morgan fingerprint density at radius 1 is 1.18 bits per heavy atom. The van der Waals surface area contributed by atoms with Crippen LogP contribution in [0.2, 0.25) is 0 Å². The number of rotatable bonds is 3. The minimum absolute atomic E-state index is 0.0898. The van der Waals surface area contributed by atoms with Crippen molar-refractivity contribution >= 4 is 28.6 Å². The summed E-state index contributed by atoms with van der Waals surface area (Å²) in [5.41, 5.74) is 1.64. The molecule has 0 radical (unpaired) electrons. The van der Waals surface area contributed by atoms with Crippen molar-refractivity contribution in [2.24, 2.45) is 7.05 Å². The van der Waals surface area contributed by atoms with Crippen LogP contribution < -0.4 is 10.1 Å². The maximum atomic E-state index is 16.1. The summed E-state index contributed by atoms with van der Waals surface area (Å²) in [4.78, 5) is 40.4. The molecule has 2 fully saturated rings. The number of halogens is 2. The van der Waals surface area contributed by atoms with Gasteiger partial charge in [-0.2, -0.15) is 5.10 Å². The maximum Gasteiger partial charge on any atom is 0.273 e. The van der Waals surface area contributed by atoms with Gasteiger partial charge in [0.25, 0.3) is 11.8 Å². The SMILES string of the molecule is Cn1cc2c(CN3CCC4(COc5c4ccc4c5CN([C@H]5CCC(=O)NC5=O)C4=O)C(F)(F)C3)cccc2n1. The van der Waals surface area contributed by atoms with E-state index < -0.39 is 29.8 Å². The first-order chi connectivity index (χ1) is 18.7. The summed E-state index contributed by atoms with van der Waals surface area (Å²) >= 11 is 0. The number of likely N-dealkylation sites (tertiary alicyclic amines) is 1. The first-order valence-corrected chi connectivity index (χ1v) is 13.1. The second-order valence-electron chi connectivity index (χ2n) is 11.1. The highest BCUT2D eigenvalue weighted by molar-refractivity contribution is 6.05. The Morgan fingerprint density at radius 3 is 2.82 bits per heavy atom. The van der Waals surface area contributed by atoms with Gasteiger partial charge in [0.05, 0.1) is 24.0 Å². The van der Waals surface area contributed by atoms with Gasteiger partial charge in [-0.1, -0.05) is 18.2 Å². The average Bonchev–Trinajstić information content (AvgIpc) is 3.56. The van der Waals surface area contributed by atoms with E-state index in [0.29, 0.717) is 35.5 Å². The van der Waals surface area contributed by atoms with Gasteiger partial charge in [0.2, 0.25) is 11.8 Å². The largest absolute Gasteiger partial charge is 0.492 e. The van der Waals surface area contributed by atoms with Crippen molar-refractivity contribution in [1.29, 1.82) is 0 Å². The van der Waals surface area contributed by atoms with Crippen LogP contribution in [0.15, 0.2) is 36.5 Å². The number of hydrogen-bond donors (Lipinski definition) is 1. The molecule has 2 atom stereocenters. The average molecular weight is 536 g/mol. The summed E-state index contributed by atoms with van der Waals surface area (Å²) in [7, 11) is 1.84. The van der Waals surface area contributed by atoms with E-state index in [1.165, 1.54) is 4.90 Å². The van der Waals surface area contributed by atoms with Gasteiger partial charge in [-0.15, -0.1) is 0 Å². The van der Waals surface area contributed by atoms with Crippen molar-refractivity contribution in [3.8, 4) is 5.75 Å². The van der Waals surface area contributed by atoms with Crippen LogP contribution in [0.5, 0.6) is 5.75 Å². The molecular weight excluding hydrogens is 508 g/mol. The fraction of sp³-hybridized carbons (Fsp3) is 0.429. The van der Waals surface area contributed by atoms with E-state index in [1.807, 2.05) is 31.4 Å². The summed E-state index contributed by atoms with van der Waals surface area (Å²) in [6.07, 6.45) is 2.50. The number of piperidine rings is 2. The Hall–Kier alpha value is -3.86. The number of benzene rings is 2. The predicted octanol–water partition coefficient (Wildman–Crippen LogP) is 2.51. The van der Waals surface area contributed by atoms with Crippen molar-refractivity contribution < 1.29 is 27.9 Å². The molecule has 4 aliphatic heterocycles. The third kappa shape index (κ3) is 3.52. The molecule has 0 aliphatic carbocycles. The van der Waals surface area contributed by atoms with Gasteiger partial charge in [0.15, 0.2) is 0 Å². The number of amides is 3. The van der Waals surface area contributed by atoms with Crippen LogP contribution in [-0.4, -0.2) is 69.0 Å². The van der Waals surface area contributed by atoms with Gasteiger partial charge in [0, 0.05) is 48.3 Å². The van der Waals surface area contributed by atoms with Gasteiger partial charge in [-0.05, 0) is 37.1 Å². The molecule has 0 saturated carbocycles. The molecule has 2 saturated heterocycles. The van der Waals surface area contributed by atoms with E-state index in [4.69, 9.17) is 4.74 Å². The molecule has 4 aliphatic rings. The van der Waals surface area contributed by atoms with Gasteiger partial charge >= 0.3 is 0 Å². The fourth-order valence-electron chi connectivity index (χ4n) is 6.72. The van der Waals surface area contributed by atoms with Gasteiger partial charge < -0.3 is 9.64 Å². The lowest BCUT2D eigenvalue weighted by Gasteiger charge is -2.44. The lowest BCUT2D eigenvalue weighted by Crippen LogP contribution is -2.58. The number of fused-ring (bicyclic) bond motifs is 5. The van der Waals surface area contributed by atoms with E-state index in [0.717, 1.165) is 16.5 Å². The zero-order chi connectivity index (χ0) is 27.1. The van der Waals surface area contributed by atoms with Crippen molar-refractivity contribution in [3.05, 3.63) is 58.8 Å². The number of alkyl halides is 2. The minimum Gasteiger partial charge on any atom is -0.492 e. The summed E-state index contributed by atoms with van der Waals surface area (Å²) in [5.74, 6) is -3.96. The molecule has 1 aromatic heterocycles. The Morgan fingerprint density at radius 2 is 2.03 bits per heavy atom. The van der Waals surface area contributed by atoms with Crippen molar-refractivity contribution in [2.45, 2.75) is 49.7 Å². The number of imide groups is 1. The van der Waals surface area contributed by atoms with Crippen molar-refractivity contribution in [2.75, 3.05) is 19.7 Å². The Bertz CT molecular complexity index is 1570. The Labute approximate surface area is 222 Å². The van der Waals surface area contributed by atoms with Crippen LogP contribution in [0, 0.1) is 0 Å². The lowest BCUT2D eigenvalue weighted by molar-refractivity contribution is -0.137. The van der Waals surface area contributed by atoms with Crippen LogP contribution in [0.3, 0.4) is 0 Å². The minimum atomic E-state index is -3.07. The van der Waals surface area contributed by atoms with Crippen LogP contribution in [0.4, 0.5) is 8.78 Å². The number of nitrogens with one attached hydrogen (secondary N) is 1. The second kappa shape index (κ2) is 8.32. The summed E-state index contributed by atoms with van der Waals surface area (Å²) < 4.78 is 39.9. The number of ether oxygens (including phenoxy) is 1. The highest BCUT2D eigenvalue weighted by Gasteiger charge is 2.62. The van der Waals surface area contributed by atoms with Gasteiger partial charge in [-0.3, -0.25) is 29.3 Å². The normalized spacial score (nSPS) is 26.2. The number of hydrogen-bond acceptors (Lipinski definition) is 6. The molecule has 1 N–H and O–H groups in total. The zero-order valence-corrected chi connectivity index (χ0v) is 21.4. The van der Waals surface area contributed by atoms with E-state index in [-0.39, 0.29) is 44.2 Å². The molecule has 202 valence electrons. The van der Waals surface area contributed by atoms with E-state index >= 15 is 8.78 Å². The van der Waals surface area contributed by atoms with Crippen LogP contribution in [0.1, 0.15) is 46.3 Å². The fourth-order valence-corrected chi connectivity index (χ4v) is 6.72. The monoisotopic (exact) mass is 535 g/mol. The topological polar surface area (TPSA) is 96.8 Å². The molecule has 1 spiro atoms. The second-order valence-corrected chi connectivity index (χ2v) is 11.1. The molecular formula is C28H27F2N5O4. The predicted molar refractivity (Wildman–Crippen MR) is 135 cm³/mol. The zero-order valence-electron chi connectivity index (χ0n) is 21.4. The molecule has 9 nitrogen and oxygen atoms in total. The number of carbonyl (C=O) groups is 3. The van der Waals surface area contributed by atoms with E-state index in [9.17, 15) is 14.4 Å². The molecule has 3 amide bonds. The number of aryl methyl sites for hydroxylation is 1. The van der Waals surface area contributed by atoms with E-state index in [2.05, 4.69) is 10.4 Å². The third-order valence-electron chi connectivity index (χ3n) is 8.77. The first-order valence-electron chi connectivity index (χ1n) is 13.1. The lowest BCUT2D eigenvalue weighted by atomic mass is 9.71. The molecule has 3 aromatic rings. The van der Waals surface area contributed by atoms with Gasteiger partial charge in [-0.25, -0.2) is 8.78 Å². The number of carbonyl (C=O) groups excluding carboxylic acids is 3. The molecule has 39 heavy (non-hydrogen) atoms. The van der Waals surface area contributed by atoms with Crippen LogP contribution in [-0.2, 0) is 35.1 Å². The Kier molecular flexibility index (Phi) is 5.16. The molecule has 7 rings (SSSR count). The summed E-state index contributed by atoms with van der Waals surface area (Å²) in [5, 5.41) is 7.67. The van der Waals surface area contributed by atoms with Crippen LogP contribution in [0.25, 0.3) is 10.9 Å². The Balaban J connectivity index is 1.15. The number of nitrogens with zero attached hydrogens (tertiary/aromatic N) is 4. The molecule has 1 unspecified atom stereocenters. The highest BCUT2D eigenvalue weighted by atomic mass is 19.3. The highest BCUT2D eigenvalue weighted by Crippen LogP contribution is 2.55.